The molecule has 0 heterocycles. The molecule has 0 aliphatic rings. The molecule has 0 rings (SSSR count). The van der Waals surface area contributed by atoms with Gasteiger partial charge in [0.15, 0.2) is 0 Å². The van der Waals surface area contributed by atoms with E-state index in [1.165, 1.54) is 0 Å². The molecule has 11 heteroatoms. The van der Waals surface area contributed by atoms with Gasteiger partial charge in [-0.1, -0.05) is 0 Å². The number of guanidine groups is 2. The van der Waals surface area contributed by atoms with Crippen LogP contribution in [0.1, 0.15) is 0 Å². The van der Waals surface area contributed by atoms with Gasteiger partial charge in [-0.05, 0) is 0 Å². The second-order valence-corrected chi connectivity index (χ2v) is 2.46. The topological polar surface area (TPSA) is 176 Å². The number of hydrogen-bond donors (Lipinski definition) is 6. The average molecular weight is 210 g/mol. The molecular formula is C2H10N8O2S. The Hall–Kier alpha value is -1.59. The highest BCUT2D eigenvalue weighted by Crippen LogP contribution is 2.09. The van der Waals surface area contributed by atoms with Crippen LogP contribution in [0.3, 0.4) is 0 Å². The van der Waals surface area contributed by atoms with Gasteiger partial charge in [0.05, 0.1) is 0 Å². The second-order valence-electron chi connectivity index (χ2n) is 1.60. The van der Waals surface area contributed by atoms with Crippen molar-refractivity contribution in [3.8, 4) is 0 Å². The summed E-state index contributed by atoms with van der Waals surface area (Å²) in [4.78, 5) is 0. The van der Waals surface area contributed by atoms with E-state index < -0.39 is 11.9 Å². The summed E-state index contributed by atoms with van der Waals surface area (Å²) < 4.78 is 0.524. The quantitative estimate of drug-likeness (QED) is 0.0930. The Morgan fingerprint density at radius 2 is 1.31 bits per heavy atom. The van der Waals surface area contributed by atoms with E-state index in [9.17, 15) is 0 Å². The van der Waals surface area contributed by atoms with Gasteiger partial charge in [-0.25, -0.2) is 0 Å². The number of nitrogens with two attached hydrogens (primary N) is 4. The zero-order valence-corrected chi connectivity index (χ0v) is 7.22. The zero-order valence-electron chi connectivity index (χ0n) is 6.40. The molecule has 10 N–H and O–H groups in total. The Kier molecular flexibility index (Phi) is 4.50. The lowest BCUT2D eigenvalue weighted by Gasteiger charge is -2.18. The third-order valence-electron chi connectivity index (χ3n) is 0.811. The van der Waals surface area contributed by atoms with Gasteiger partial charge in [-0.3, -0.25) is 10.4 Å². The number of rotatable bonds is 2. The Bertz CT molecular complexity index is 194. The number of hydroxylamine groups is 2. The SMILES string of the molecule is NN=C(N)N(O)SN(O)C(N)=NN. The van der Waals surface area contributed by atoms with E-state index in [1.807, 2.05) is 0 Å². The van der Waals surface area contributed by atoms with E-state index in [-0.39, 0.29) is 21.1 Å². The molecule has 0 unspecified atom stereocenters. The lowest BCUT2D eigenvalue weighted by molar-refractivity contribution is 0.0490. The van der Waals surface area contributed by atoms with Gasteiger partial charge < -0.3 is 23.2 Å². The zero-order chi connectivity index (χ0) is 10.4. The lowest BCUT2D eigenvalue weighted by Crippen LogP contribution is -2.38. The summed E-state index contributed by atoms with van der Waals surface area (Å²) in [6, 6.07) is 0. The number of hydrazone groups is 2. The van der Waals surface area contributed by atoms with Gasteiger partial charge in [-0.15, -0.1) is 19.1 Å². The highest BCUT2D eigenvalue weighted by molar-refractivity contribution is 7.95. The van der Waals surface area contributed by atoms with Crippen LogP contribution in [0.15, 0.2) is 10.2 Å². The predicted molar refractivity (Wildman–Crippen MR) is 46.5 cm³/mol. The van der Waals surface area contributed by atoms with Crippen molar-refractivity contribution in [3.05, 3.63) is 0 Å². The first kappa shape index (κ1) is 11.4. The van der Waals surface area contributed by atoms with Gasteiger partial charge in [0.25, 0.3) is 0 Å². The fourth-order valence-electron chi connectivity index (χ4n) is 0.256. The van der Waals surface area contributed by atoms with Crippen molar-refractivity contribution < 1.29 is 10.4 Å². The maximum absolute atomic E-state index is 8.94. The standard InChI is InChI=1S/C2H10N8O2S/c3-1(7-5)9(11)13-10(12)2(4)8-6/h11-12H,5-6H2,(H2,3,7)(H2,4,8). The van der Waals surface area contributed by atoms with Crippen LogP contribution < -0.4 is 23.2 Å². The van der Waals surface area contributed by atoms with Crippen LogP contribution in [0.4, 0.5) is 0 Å². The van der Waals surface area contributed by atoms with Crippen molar-refractivity contribution in [1.82, 2.24) is 8.94 Å². The van der Waals surface area contributed by atoms with Crippen molar-refractivity contribution in [2.24, 2.45) is 33.4 Å². The Morgan fingerprint density at radius 3 is 1.54 bits per heavy atom. The molecule has 0 aliphatic heterocycles. The molecule has 0 amide bonds. The summed E-state index contributed by atoms with van der Waals surface area (Å²) in [6.07, 6.45) is 0. The number of hydrogen-bond acceptors (Lipinski definition) is 7. The Balaban J connectivity index is 4.14. The molecule has 0 saturated carbocycles. The Morgan fingerprint density at radius 1 is 1.00 bits per heavy atom. The summed E-state index contributed by atoms with van der Waals surface area (Å²) in [6.45, 7) is 0. The predicted octanol–water partition coefficient (Wildman–Crippen LogP) is -2.69. The second kappa shape index (κ2) is 5.13. The maximum atomic E-state index is 8.94. The van der Waals surface area contributed by atoms with Crippen molar-refractivity contribution in [1.29, 1.82) is 0 Å². The minimum atomic E-state index is -0.436. The van der Waals surface area contributed by atoms with Crippen LogP contribution in [0.25, 0.3) is 0 Å². The molecule has 0 aromatic rings. The highest BCUT2D eigenvalue weighted by atomic mass is 32.2. The monoisotopic (exact) mass is 210 g/mol. The van der Waals surface area contributed by atoms with Gasteiger partial charge in [0, 0.05) is 0 Å². The smallest absolute Gasteiger partial charge is 0.249 e. The van der Waals surface area contributed by atoms with Crippen LogP contribution in [0.5, 0.6) is 0 Å². The molecule has 0 bridgehead atoms. The molecule has 76 valence electrons. The van der Waals surface area contributed by atoms with Crippen LogP contribution in [0, 0.1) is 0 Å². The van der Waals surface area contributed by atoms with E-state index >= 15 is 0 Å². The first-order chi connectivity index (χ1) is 6.02. The molecule has 10 nitrogen and oxygen atoms in total. The molecule has 0 atom stereocenters. The van der Waals surface area contributed by atoms with Crippen molar-refractivity contribution in [3.63, 3.8) is 0 Å². The van der Waals surface area contributed by atoms with Crippen LogP contribution in [-0.4, -0.2) is 31.3 Å². The van der Waals surface area contributed by atoms with Crippen molar-refractivity contribution in [2.45, 2.75) is 0 Å². The summed E-state index contributed by atoms with van der Waals surface area (Å²) in [7, 11) is 0. The fourth-order valence-corrected chi connectivity index (χ4v) is 0.664. The molecule has 0 aromatic carbocycles. The largest absolute Gasteiger partial charge is 0.366 e. The van der Waals surface area contributed by atoms with E-state index in [4.69, 9.17) is 33.6 Å². The maximum Gasteiger partial charge on any atom is 0.249 e. The molecule has 0 spiro atoms. The summed E-state index contributed by atoms with van der Waals surface area (Å²) in [5.41, 5.74) is 10.1. The summed E-state index contributed by atoms with van der Waals surface area (Å²) >= 11 is 0.271. The van der Waals surface area contributed by atoms with Crippen LogP contribution in [0.2, 0.25) is 0 Å². The van der Waals surface area contributed by atoms with Crippen LogP contribution >= 0.6 is 12.1 Å². The molecule has 0 fully saturated rings. The first-order valence-electron chi connectivity index (χ1n) is 2.75. The third-order valence-corrected chi connectivity index (χ3v) is 1.49. The van der Waals surface area contributed by atoms with Gasteiger partial charge >= 0.3 is 0 Å². The lowest BCUT2D eigenvalue weighted by atomic mass is 11.1. The molecule has 0 radical (unpaired) electrons. The average Bonchev–Trinajstić information content (AvgIpc) is 2.14. The highest BCUT2D eigenvalue weighted by Gasteiger charge is 2.13. The first-order valence-corrected chi connectivity index (χ1v) is 3.48. The summed E-state index contributed by atoms with van der Waals surface area (Å²) in [5, 5.41) is 23.7. The van der Waals surface area contributed by atoms with E-state index in [1.54, 1.807) is 0 Å². The minimum absolute atomic E-state index is 0.262. The van der Waals surface area contributed by atoms with Crippen molar-refractivity contribution >= 4 is 24.1 Å². The van der Waals surface area contributed by atoms with E-state index in [2.05, 4.69) is 10.2 Å². The summed E-state index contributed by atoms with van der Waals surface area (Å²) in [5.74, 6) is 8.57. The normalized spacial score (nSPS) is 12.8. The molecule has 0 aromatic heterocycles. The Labute approximate surface area is 77.6 Å². The minimum Gasteiger partial charge on any atom is -0.366 e. The van der Waals surface area contributed by atoms with Crippen LogP contribution in [-0.2, 0) is 0 Å². The van der Waals surface area contributed by atoms with Gasteiger partial charge in [-0.2, -0.15) is 0 Å². The molecule has 0 aliphatic carbocycles. The van der Waals surface area contributed by atoms with Gasteiger partial charge in [0.2, 0.25) is 11.9 Å². The molecular weight excluding hydrogens is 200 g/mol. The van der Waals surface area contributed by atoms with E-state index in [0.29, 0.717) is 0 Å². The molecule has 0 saturated heterocycles. The van der Waals surface area contributed by atoms with E-state index in [0.717, 1.165) is 0 Å². The van der Waals surface area contributed by atoms with Gasteiger partial charge in [0.1, 0.15) is 12.1 Å². The van der Waals surface area contributed by atoms with Crippen molar-refractivity contribution in [2.75, 3.05) is 0 Å². The molecule has 13 heavy (non-hydrogen) atoms. The fraction of sp³-hybridized carbons (Fsp3) is 0. The number of nitrogens with zero attached hydrogens (tertiary/aromatic N) is 4. The third kappa shape index (κ3) is 3.55.